The van der Waals surface area contributed by atoms with E-state index in [1.807, 2.05) is 0 Å². The van der Waals surface area contributed by atoms with E-state index >= 15 is 0 Å². The number of hydrogen-bond donors (Lipinski definition) is 0. The molecule has 0 unspecified atom stereocenters. The zero-order valence-corrected chi connectivity index (χ0v) is 13.0. The van der Waals surface area contributed by atoms with Crippen molar-refractivity contribution in [2.45, 2.75) is 13.5 Å². The normalized spacial score (nSPS) is 10.9. The van der Waals surface area contributed by atoms with Gasteiger partial charge in [-0.25, -0.2) is 14.0 Å². The monoisotopic (exact) mass is 335 g/mol. The summed E-state index contributed by atoms with van der Waals surface area (Å²) in [6, 6.07) is 8.00. The number of aromatic nitrogens is 6. The minimum atomic E-state index is -0.430. The van der Waals surface area contributed by atoms with Gasteiger partial charge in [-0.2, -0.15) is 0 Å². The van der Waals surface area contributed by atoms with Crippen molar-refractivity contribution < 1.29 is 9.02 Å². The smallest absolute Gasteiger partial charge is 0.296 e. The van der Waals surface area contributed by atoms with Crippen molar-refractivity contribution in [3.8, 4) is 11.5 Å². The van der Waals surface area contributed by atoms with Crippen LogP contribution in [0.2, 0.25) is 0 Å². The summed E-state index contributed by atoms with van der Waals surface area (Å²) in [5.74, 6) is 0.206. The highest BCUT2D eigenvalue weighted by Gasteiger charge is 2.20. The fourth-order valence-electron chi connectivity index (χ4n) is 2.55. The number of rotatable bonds is 3. The molecule has 1 aromatic carbocycles. The number of para-hydroxylation sites is 1. The van der Waals surface area contributed by atoms with Crippen molar-refractivity contribution in [3.05, 3.63) is 59.0 Å². The molecule has 3 heterocycles. The molecule has 0 radical (unpaired) electrons. The molecule has 9 heteroatoms. The van der Waals surface area contributed by atoms with Gasteiger partial charge < -0.3 is 9.41 Å². The van der Waals surface area contributed by atoms with Crippen LogP contribution in [0, 0.1) is 19.3 Å². The highest BCUT2D eigenvalue weighted by molar-refractivity contribution is 5.81. The molecule has 0 aliphatic heterocycles. The Labute approximate surface area is 140 Å². The lowest BCUT2D eigenvalue weighted by molar-refractivity contribution is 0.305. The zero-order chi connectivity index (χ0) is 17.4. The first-order valence-corrected chi connectivity index (χ1v) is 7.31. The Morgan fingerprint density at radius 2 is 2.08 bits per heavy atom. The van der Waals surface area contributed by atoms with E-state index < -0.39 is 5.82 Å². The topological polar surface area (TPSA) is 86.9 Å². The van der Waals surface area contributed by atoms with E-state index in [1.54, 1.807) is 35.8 Å². The van der Waals surface area contributed by atoms with Gasteiger partial charge in [-0.1, -0.05) is 22.9 Å². The third-order valence-corrected chi connectivity index (χ3v) is 3.73. The number of benzene rings is 1. The van der Waals surface area contributed by atoms with E-state index in [4.69, 9.17) is 11.2 Å². The van der Waals surface area contributed by atoms with Crippen LogP contribution in [0.15, 0.2) is 35.0 Å². The van der Waals surface area contributed by atoms with Crippen LogP contribution in [0.1, 0.15) is 11.4 Å². The maximum atomic E-state index is 14.2. The average Bonchev–Trinajstić information content (AvgIpc) is 3.20. The number of fused-ring (bicyclic) bond motifs is 1. The van der Waals surface area contributed by atoms with Crippen LogP contribution in [0.4, 0.5) is 10.2 Å². The predicted molar refractivity (Wildman–Crippen MR) is 85.1 cm³/mol. The van der Waals surface area contributed by atoms with Gasteiger partial charge in [0.15, 0.2) is 17.3 Å². The molecule has 0 spiro atoms. The number of aryl methyl sites for hydroxylation is 1. The number of imidazole rings is 1. The van der Waals surface area contributed by atoms with E-state index in [9.17, 15) is 4.39 Å². The maximum Gasteiger partial charge on any atom is 0.296 e. The lowest BCUT2D eigenvalue weighted by Crippen LogP contribution is -2.05. The van der Waals surface area contributed by atoms with Crippen molar-refractivity contribution in [2.24, 2.45) is 0 Å². The van der Waals surface area contributed by atoms with Crippen LogP contribution in [0.3, 0.4) is 0 Å². The second-order valence-corrected chi connectivity index (χ2v) is 5.32. The quantitative estimate of drug-likeness (QED) is 0.535. The van der Waals surface area contributed by atoms with Gasteiger partial charge in [0.2, 0.25) is 0 Å². The highest BCUT2D eigenvalue weighted by atomic mass is 19.1. The molecule has 3 aromatic heterocycles. The molecule has 0 aliphatic rings. The van der Waals surface area contributed by atoms with Crippen LogP contribution in [0.25, 0.3) is 27.4 Å². The lowest BCUT2D eigenvalue weighted by atomic mass is 10.3. The summed E-state index contributed by atoms with van der Waals surface area (Å²) in [4.78, 5) is 7.59. The molecule has 0 saturated carbocycles. The van der Waals surface area contributed by atoms with E-state index in [0.29, 0.717) is 28.4 Å². The Bertz CT molecular complexity index is 1110. The minimum absolute atomic E-state index is 0.210. The Morgan fingerprint density at radius 3 is 2.76 bits per heavy atom. The Morgan fingerprint density at radius 1 is 1.20 bits per heavy atom. The van der Waals surface area contributed by atoms with E-state index in [-0.39, 0.29) is 17.9 Å². The van der Waals surface area contributed by atoms with Gasteiger partial charge >= 0.3 is 0 Å². The molecule has 0 bridgehead atoms. The van der Waals surface area contributed by atoms with E-state index in [0.717, 1.165) is 0 Å². The van der Waals surface area contributed by atoms with Gasteiger partial charge in [-0.3, -0.25) is 0 Å². The summed E-state index contributed by atoms with van der Waals surface area (Å²) in [7, 11) is 0. The Balaban J connectivity index is 1.90. The first-order valence-electron chi connectivity index (χ1n) is 7.31. The molecule has 8 nitrogen and oxygen atoms in total. The number of nitrogens with zero attached hydrogens (tertiary/aromatic N) is 7. The zero-order valence-electron chi connectivity index (χ0n) is 13.0. The van der Waals surface area contributed by atoms with E-state index in [2.05, 4.69) is 30.3 Å². The second kappa shape index (κ2) is 5.76. The third-order valence-electron chi connectivity index (χ3n) is 3.73. The van der Waals surface area contributed by atoms with Crippen molar-refractivity contribution in [2.75, 3.05) is 0 Å². The van der Waals surface area contributed by atoms with Crippen LogP contribution in [0.5, 0.6) is 0 Å². The molecule has 0 saturated heterocycles. The molecule has 0 fully saturated rings. The molecular weight excluding hydrogens is 325 g/mol. The highest BCUT2D eigenvalue weighted by Crippen LogP contribution is 2.27. The molecule has 4 rings (SSSR count). The molecule has 0 amide bonds. The summed E-state index contributed by atoms with van der Waals surface area (Å²) < 4.78 is 20.7. The third kappa shape index (κ3) is 2.49. The standard InChI is InChI=1S/C16H10FN7O/c1-9-14(23-25-22-9)16-19-15-11(17)4-3-5-12(15)24(16)8-10-6-7-13(18-2)21-20-10/h3-7H,8H2,1H3. The van der Waals surface area contributed by atoms with Crippen molar-refractivity contribution >= 4 is 16.9 Å². The lowest BCUT2D eigenvalue weighted by Gasteiger charge is -2.06. The van der Waals surface area contributed by atoms with Crippen molar-refractivity contribution in [1.29, 1.82) is 0 Å². The van der Waals surface area contributed by atoms with Gasteiger partial charge in [-0.15, -0.1) is 0 Å². The summed E-state index contributed by atoms with van der Waals surface area (Å²) in [5.41, 5.74) is 2.40. The molecule has 0 atom stereocenters. The average molecular weight is 335 g/mol. The van der Waals surface area contributed by atoms with Gasteiger partial charge in [0.1, 0.15) is 16.9 Å². The number of hydrogen-bond acceptors (Lipinski definition) is 6. The summed E-state index contributed by atoms with van der Waals surface area (Å²) in [6.45, 7) is 8.95. The molecule has 4 aromatic rings. The largest absolute Gasteiger partial charge is 0.359 e. The van der Waals surface area contributed by atoms with Gasteiger partial charge in [0.25, 0.3) is 5.82 Å². The van der Waals surface area contributed by atoms with Crippen LogP contribution >= 0.6 is 0 Å². The summed E-state index contributed by atoms with van der Waals surface area (Å²) in [6.07, 6.45) is 0. The number of halogens is 1. The fourth-order valence-corrected chi connectivity index (χ4v) is 2.55. The predicted octanol–water partition coefficient (Wildman–Crippen LogP) is 2.92. The molecule has 0 N–H and O–H groups in total. The molecule has 25 heavy (non-hydrogen) atoms. The van der Waals surface area contributed by atoms with Crippen molar-refractivity contribution in [3.63, 3.8) is 0 Å². The van der Waals surface area contributed by atoms with Gasteiger partial charge in [-0.05, 0) is 41.4 Å². The first-order chi connectivity index (χ1) is 12.2. The minimum Gasteiger partial charge on any atom is -0.359 e. The summed E-state index contributed by atoms with van der Waals surface area (Å²) >= 11 is 0. The second-order valence-electron chi connectivity index (χ2n) is 5.32. The van der Waals surface area contributed by atoms with E-state index in [1.165, 1.54) is 6.07 Å². The molecule has 0 aliphatic carbocycles. The van der Waals surface area contributed by atoms with Gasteiger partial charge in [0, 0.05) is 0 Å². The first kappa shape index (κ1) is 14.9. The van der Waals surface area contributed by atoms with Crippen LogP contribution < -0.4 is 0 Å². The fraction of sp³-hybridized carbons (Fsp3) is 0.125. The Hall–Kier alpha value is -3.67. The van der Waals surface area contributed by atoms with Crippen LogP contribution in [-0.4, -0.2) is 30.1 Å². The van der Waals surface area contributed by atoms with Gasteiger partial charge in [0.05, 0.1) is 12.1 Å². The SMILES string of the molecule is [C-]#[N+]c1ccc(Cn2c(-c3nonc3C)nc3c(F)cccc32)nn1. The molecule has 122 valence electrons. The maximum absolute atomic E-state index is 14.2. The van der Waals surface area contributed by atoms with Crippen molar-refractivity contribution in [1.82, 2.24) is 30.1 Å². The molecular formula is C16H10FN7O. The Kier molecular flexibility index (Phi) is 3.43. The summed E-state index contributed by atoms with van der Waals surface area (Å²) in [5, 5.41) is 15.5. The van der Waals surface area contributed by atoms with Crippen LogP contribution in [-0.2, 0) is 6.54 Å².